The molecule has 0 bridgehead atoms. The molecule has 1 aromatic heterocycles. The summed E-state index contributed by atoms with van der Waals surface area (Å²) < 4.78 is 0. The Balaban J connectivity index is 2.84. The summed E-state index contributed by atoms with van der Waals surface area (Å²) in [4.78, 5) is 33.2. The molecule has 0 aliphatic rings. The summed E-state index contributed by atoms with van der Waals surface area (Å²) in [6.07, 6.45) is 0.870. The van der Waals surface area contributed by atoms with Crippen LogP contribution in [-0.2, 0) is 11.2 Å². The van der Waals surface area contributed by atoms with Crippen molar-refractivity contribution < 1.29 is 4.79 Å². The summed E-state index contributed by atoms with van der Waals surface area (Å²) in [5.41, 5.74) is 5.88. The molecule has 1 aromatic rings. The predicted molar refractivity (Wildman–Crippen MR) is 63.6 cm³/mol. The molecule has 6 nitrogen and oxygen atoms in total. The molecule has 1 heterocycles. The van der Waals surface area contributed by atoms with Crippen LogP contribution in [0.1, 0.15) is 26.0 Å². The number of rotatable bonds is 4. The topological polar surface area (TPSA) is 109 Å². The zero-order valence-electron chi connectivity index (χ0n) is 9.79. The smallest absolute Gasteiger partial charge is 0.310 e. The van der Waals surface area contributed by atoms with E-state index in [1.54, 1.807) is 6.92 Å². The third kappa shape index (κ3) is 3.44. The van der Waals surface area contributed by atoms with Crippen LogP contribution in [0.2, 0.25) is 0 Å². The van der Waals surface area contributed by atoms with Crippen molar-refractivity contribution in [2.24, 2.45) is 5.73 Å². The van der Waals surface area contributed by atoms with Crippen molar-refractivity contribution in [3.05, 3.63) is 43.6 Å². The number of aromatic amines is 2. The Morgan fingerprint density at radius 1 is 1.29 bits per heavy atom. The zero-order chi connectivity index (χ0) is 13.0. The highest BCUT2D eigenvalue weighted by molar-refractivity contribution is 5.93. The van der Waals surface area contributed by atoms with Gasteiger partial charge in [-0.3, -0.25) is 19.5 Å². The molecule has 0 unspecified atom stereocenters. The lowest BCUT2D eigenvalue weighted by Crippen LogP contribution is -2.27. The molecule has 0 aliphatic carbocycles. The standard InChI is InChI=1S/C11H15N3O3/c1-6(12)9(7(2)15)4-3-8-5-10(16)11(17)14-13-8/h5H,3-4,12H2,1-2H3,(H,13,16)(H,14,17)/b9-6-. The Bertz CT molecular complexity index is 562. The third-order valence-corrected chi connectivity index (χ3v) is 2.41. The van der Waals surface area contributed by atoms with Crippen molar-refractivity contribution in [3.8, 4) is 0 Å². The summed E-state index contributed by atoms with van der Waals surface area (Å²) >= 11 is 0. The van der Waals surface area contributed by atoms with Crippen LogP contribution >= 0.6 is 0 Å². The second-order valence-corrected chi connectivity index (χ2v) is 3.83. The van der Waals surface area contributed by atoms with E-state index >= 15 is 0 Å². The van der Waals surface area contributed by atoms with E-state index in [0.717, 1.165) is 0 Å². The molecule has 0 aliphatic heterocycles. The number of carbonyl (C=O) groups excluding carboxylic acids is 1. The number of H-pyrrole nitrogens is 2. The van der Waals surface area contributed by atoms with Crippen LogP contribution in [0.3, 0.4) is 0 Å². The van der Waals surface area contributed by atoms with Crippen molar-refractivity contribution in [3.63, 3.8) is 0 Å². The molecule has 0 fully saturated rings. The minimum atomic E-state index is -0.689. The molecule has 0 atom stereocenters. The number of ketones is 1. The van der Waals surface area contributed by atoms with E-state index in [2.05, 4.69) is 10.2 Å². The Hall–Kier alpha value is -2.11. The van der Waals surface area contributed by atoms with Gasteiger partial charge in [0.25, 0.3) is 0 Å². The fraction of sp³-hybridized carbons (Fsp3) is 0.364. The molecule has 92 valence electrons. The van der Waals surface area contributed by atoms with Crippen molar-refractivity contribution in [2.45, 2.75) is 26.7 Å². The fourth-order valence-corrected chi connectivity index (χ4v) is 1.50. The second kappa shape index (κ2) is 5.29. The van der Waals surface area contributed by atoms with Crippen LogP contribution in [0.5, 0.6) is 0 Å². The maximum absolute atomic E-state index is 11.3. The molecule has 17 heavy (non-hydrogen) atoms. The summed E-state index contributed by atoms with van der Waals surface area (Å²) in [7, 11) is 0. The quantitative estimate of drug-likeness (QED) is 0.498. The van der Waals surface area contributed by atoms with Crippen molar-refractivity contribution in [1.29, 1.82) is 0 Å². The van der Waals surface area contributed by atoms with Crippen molar-refractivity contribution >= 4 is 5.78 Å². The van der Waals surface area contributed by atoms with Gasteiger partial charge in [-0.2, -0.15) is 0 Å². The summed E-state index contributed by atoms with van der Waals surface area (Å²) in [5, 5.41) is 4.82. The number of Topliss-reactive ketones (excluding diaryl/α,β-unsaturated/α-hetero) is 1. The van der Waals surface area contributed by atoms with Crippen LogP contribution in [0.15, 0.2) is 26.9 Å². The summed E-state index contributed by atoms with van der Waals surface area (Å²) in [5.74, 6) is -0.0863. The number of aromatic nitrogens is 2. The zero-order valence-corrected chi connectivity index (χ0v) is 9.79. The van der Waals surface area contributed by atoms with Crippen molar-refractivity contribution in [2.75, 3.05) is 0 Å². The first-order valence-corrected chi connectivity index (χ1v) is 5.19. The number of aryl methyl sites for hydroxylation is 1. The van der Waals surface area contributed by atoms with E-state index in [9.17, 15) is 14.4 Å². The summed E-state index contributed by atoms with van der Waals surface area (Å²) in [6.45, 7) is 3.10. The molecule has 0 saturated heterocycles. The first kappa shape index (κ1) is 13.0. The van der Waals surface area contributed by atoms with E-state index in [4.69, 9.17) is 5.73 Å². The molecule has 4 N–H and O–H groups in total. The van der Waals surface area contributed by atoms with Gasteiger partial charge in [-0.05, 0) is 26.7 Å². The highest BCUT2D eigenvalue weighted by Gasteiger charge is 2.07. The van der Waals surface area contributed by atoms with Crippen LogP contribution < -0.4 is 16.7 Å². The van der Waals surface area contributed by atoms with Crippen LogP contribution in [0.4, 0.5) is 0 Å². The average molecular weight is 237 g/mol. The molecule has 0 amide bonds. The lowest BCUT2D eigenvalue weighted by molar-refractivity contribution is -0.113. The van der Waals surface area contributed by atoms with Gasteiger partial charge in [0.15, 0.2) is 5.78 Å². The van der Waals surface area contributed by atoms with Gasteiger partial charge in [-0.25, -0.2) is 0 Å². The molecule has 0 spiro atoms. The van der Waals surface area contributed by atoms with Gasteiger partial charge >= 0.3 is 5.56 Å². The lowest BCUT2D eigenvalue weighted by Gasteiger charge is -2.05. The molecule has 0 radical (unpaired) electrons. The van der Waals surface area contributed by atoms with Gasteiger partial charge in [0.05, 0.1) is 0 Å². The van der Waals surface area contributed by atoms with Crippen LogP contribution in [0.25, 0.3) is 0 Å². The Morgan fingerprint density at radius 2 is 1.94 bits per heavy atom. The number of hydrogen-bond acceptors (Lipinski definition) is 4. The number of nitrogens with two attached hydrogens (primary N) is 1. The maximum atomic E-state index is 11.3. The molecule has 6 heteroatoms. The second-order valence-electron chi connectivity index (χ2n) is 3.83. The van der Waals surface area contributed by atoms with E-state index in [0.29, 0.717) is 29.8 Å². The molecule has 0 saturated carbocycles. The van der Waals surface area contributed by atoms with Crippen LogP contribution in [0, 0.1) is 0 Å². The molecule has 1 rings (SSSR count). The summed E-state index contributed by atoms with van der Waals surface area (Å²) in [6, 6.07) is 1.22. The van der Waals surface area contributed by atoms with Gasteiger partial charge in [-0.1, -0.05) is 0 Å². The lowest BCUT2D eigenvalue weighted by atomic mass is 10.0. The number of carbonyl (C=O) groups is 1. The molecular weight excluding hydrogens is 222 g/mol. The fourth-order valence-electron chi connectivity index (χ4n) is 1.50. The van der Waals surface area contributed by atoms with Crippen LogP contribution in [-0.4, -0.2) is 16.0 Å². The third-order valence-electron chi connectivity index (χ3n) is 2.41. The number of allylic oxidation sites excluding steroid dienone is 2. The minimum absolute atomic E-state index is 0.0863. The van der Waals surface area contributed by atoms with Gasteiger partial charge in [0, 0.05) is 23.0 Å². The Labute approximate surface area is 97.5 Å². The van der Waals surface area contributed by atoms with Gasteiger partial charge in [0.1, 0.15) is 0 Å². The molecular formula is C11H15N3O3. The molecule has 0 aromatic carbocycles. The van der Waals surface area contributed by atoms with Gasteiger partial charge in [-0.15, -0.1) is 0 Å². The van der Waals surface area contributed by atoms with E-state index in [1.807, 2.05) is 0 Å². The first-order valence-electron chi connectivity index (χ1n) is 5.19. The van der Waals surface area contributed by atoms with Gasteiger partial charge in [0.2, 0.25) is 5.43 Å². The van der Waals surface area contributed by atoms with E-state index < -0.39 is 11.0 Å². The Morgan fingerprint density at radius 3 is 2.41 bits per heavy atom. The van der Waals surface area contributed by atoms with Gasteiger partial charge < -0.3 is 10.8 Å². The van der Waals surface area contributed by atoms with E-state index in [-0.39, 0.29) is 5.78 Å². The van der Waals surface area contributed by atoms with Crippen molar-refractivity contribution in [1.82, 2.24) is 10.2 Å². The normalized spacial score (nSPS) is 12.1. The van der Waals surface area contributed by atoms with E-state index in [1.165, 1.54) is 13.0 Å². The number of nitrogens with one attached hydrogen (secondary N) is 2. The minimum Gasteiger partial charge on any atom is -0.402 e. The first-order chi connectivity index (χ1) is 7.91. The largest absolute Gasteiger partial charge is 0.402 e. The highest BCUT2D eigenvalue weighted by Crippen LogP contribution is 2.09. The average Bonchev–Trinajstić information content (AvgIpc) is 2.22. The monoisotopic (exact) mass is 237 g/mol. The highest BCUT2D eigenvalue weighted by atomic mass is 16.2. The number of hydrogen-bond donors (Lipinski definition) is 3. The predicted octanol–water partition coefficient (Wildman–Crippen LogP) is -0.182. The SMILES string of the molecule is CC(=O)/C(CCc1cc(=O)c(=O)[nH][nH]1)=C(/C)N. The maximum Gasteiger partial charge on any atom is 0.310 e. The Kier molecular flexibility index (Phi) is 4.03.